The molecule has 1 aliphatic heterocycles. The van der Waals surface area contributed by atoms with Crippen molar-refractivity contribution in [1.29, 1.82) is 0 Å². The van der Waals surface area contributed by atoms with E-state index in [-0.39, 0.29) is 0 Å². The fourth-order valence-corrected chi connectivity index (χ4v) is 4.61. The van der Waals surface area contributed by atoms with Gasteiger partial charge in [0.15, 0.2) is 5.11 Å². The van der Waals surface area contributed by atoms with Crippen LogP contribution in [-0.2, 0) is 0 Å². The Morgan fingerprint density at radius 3 is 1.97 bits per heavy atom. The second-order valence-corrected chi connectivity index (χ2v) is 8.46. The van der Waals surface area contributed by atoms with Gasteiger partial charge in [-0.2, -0.15) is 0 Å². The first-order valence-corrected chi connectivity index (χ1v) is 11.1. The lowest BCUT2D eigenvalue weighted by atomic mass is 9.96. The monoisotopic (exact) mass is 416 g/mol. The number of hydrogen-bond acceptors (Lipinski definition) is 1. The fraction of sp³-hybridized carbons (Fsp3) is 0.269. The first kappa shape index (κ1) is 20.6. The van der Waals surface area contributed by atoms with E-state index >= 15 is 0 Å². The highest BCUT2D eigenvalue weighted by Crippen LogP contribution is 2.20. The molecule has 0 unspecified atom stereocenters. The van der Waals surface area contributed by atoms with Crippen LogP contribution in [0.3, 0.4) is 0 Å². The van der Waals surface area contributed by atoms with Crippen LogP contribution in [0, 0.1) is 13.8 Å². The molecule has 3 nitrogen and oxygen atoms in total. The van der Waals surface area contributed by atoms with E-state index in [2.05, 4.69) is 103 Å². The van der Waals surface area contributed by atoms with Gasteiger partial charge in [-0.05, 0) is 43.3 Å². The Balaban J connectivity index is 1.46. The minimum absolute atomic E-state index is 0.357. The summed E-state index contributed by atoms with van der Waals surface area (Å²) < 4.78 is 0. The number of thiocarbonyl (C=S) groups is 1. The van der Waals surface area contributed by atoms with E-state index in [1.165, 1.54) is 22.3 Å². The molecule has 1 fully saturated rings. The molecule has 4 heteroatoms. The van der Waals surface area contributed by atoms with Gasteiger partial charge >= 0.3 is 0 Å². The maximum atomic E-state index is 5.76. The molecule has 3 aromatic carbocycles. The highest BCUT2D eigenvalue weighted by atomic mass is 32.1. The van der Waals surface area contributed by atoms with Gasteiger partial charge in [0, 0.05) is 16.8 Å². The van der Waals surface area contributed by atoms with Crippen LogP contribution in [0.1, 0.15) is 28.3 Å². The summed E-state index contributed by atoms with van der Waals surface area (Å²) >= 11 is 5.76. The standard InChI is InChI=1S/C26H29N3S/c1-20-10-9-15-24(21(20)2)27-26(30)29-18-16-28(17-19-29)25(22-11-5-3-6-12-22)23-13-7-4-8-14-23/h3-15,25H,16-19H2,1-2H3,(H,27,30)/p+1. The van der Waals surface area contributed by atoms with Crippen molar-refractivity contribution >= 4 is 23.0 Å². The van der Waals surface area contributed by atoms with E-state index in [0.717, 1.165) is 37.0 Å². The van der Waals surface area contributed by atoms with Crippen molar-refractivity contribution in [3.05, 3.63) is 101 Å². The summed E-state index contributed by atoms with van der Waals surface area (Å²) in [7, 11) is 0. The van der Waals surface area contributed by atoms with Gasteiger partial charge in [-0.3, -0.25) is 0 Å². The van der Waals surface area contributed by atoms with Crippen LogP contribution < -0.4 is 10.2 Å². The highest BCUT2D eigenvalue weighted by molar-refractivity contribution is 7.80. The average Bonchev–Trinajstić information content (AvgIpc) is 2.79. The number of piperazine rings is 1. The number of aryl methyl sites for hydroxylation is 1. The Morgan fingerprint density at radius 1 is 0.833 bits per heavy atom. The van der Waals surface area contributed by atoms with E-state index in [1.54, 1.807) is 4.90 Å². The van der Waals surface area contributed by atoms with Crippen LogP contribution in [0.5, 0.6) is 0 Å². The number of hydrogen-bond donors (Lipinski definition) is 2. The highest BCUT2D eigenvalue weighted by Gasteiger charge is 2.30. The van der Waals surface area contributed by atoms with Gasteiger partial charge in [-0.25, -0.2) is 0 Å². The Kier molecular flexibility index (Phi) is 6.46. The molecular formula is C26H30N3S+. The van der Waals surface area contributed by atoms with E-state index in [9.17, 15) is 0 Å². The molecule has 1 saturated heterocycles. The van der Waals surface area contributed by atoms with Gasteiger partial charge < -0.3 is 15.1 Å². The van der Waals surface area contributed by atoms with E-state index in [4.69, 9.17) is 12.2 Å². The number of anilines is 1. The maximum Gasteiger partial charge on any atom is 0.173 e. The first-order chi connectivity index (χ1) is 14.6. The van der Waals surface area contributed by atoms with Gasteiger partial charge in [-0.1, -0.05) is 72.8 Å². The largest absolute Gasteiger partial charge is 0.338 e. The molecule has 0 saturated carbocycles. The van der Waals surface area contributed by atoms with Crippen molar-refractivity contribution in [3.8, 4) is 0 Å². The van der Waals surface area contributed by atoms with Crippen molar-refractivity contribution in [2.45, 2.75) is 19.9 Å². The first-order valence-electron chi connectivity index (χ1n) is 10.7. The Hall–Kier alpha value is -2.69. The van der Waals surface area contributed by atoms with Gasteiger partial charge in [0.25, 0.3) is 0 Å². The van der Waals surface area contributed by atoms with Crippen LogP contribution in [0.2, 0.25) is 0 Å². The summed E-state index contributed by atoms with van der Waals surface area (Å²) in [6.07, 6.45) is 0. The van der Waals surface area contributed by atoms with Crippen LogP contribution in [0.4, 0.5) is 5.69 Å². The quantitative estimate of drug-likeness (QED) is 0.628. The summed E-state index contributed by atoms with van der Waals surface area (Å²) in [4.78, 5) is 3.91. The second-order valence-electron chi connectivity index (χ2n) is 8.08. The molecule has 154 valence electrons. The Morgan fingerprint density at radius 2 is 1.40 bits per heavy atom. The summed E-state index contributed by atoms with van der Waals surface area (Å²) in [6.45, 7) is 8.32. The second kappa shape index (κ2) is 9.41. The van der Waals surface area contributed by atoms with Gasteiger partial charge in [0.05, 0.1) is 26.2 Å². The maximum absolute atomic E-state index is 5.76. The molecule has 3 aromatic rings. The van der Waals surface area contributed by atoms with Gasteiger partial charge in [0.2, 0.25) is 0 Å². The average molecular weight is 417 g/mol. The summed E-state index contributed by atoms with van der Waals surface area (Å²) in [5, 5.41) is 4.31. The molecule has 0 aromatic heterocycles. The lowest BCUT2D eigenvalue weighted by Crippen LogP contribution is -3.15. The summed E-state index contributed by atoms with van der Waals surface area (Å²) in [6, 6.07) is 28.5. The lowest BCUT2D eigenvalue weighted by Gasteiger charge is -2.38. The Bertz CT molecular complexity index is 940. The van der Waals surface area contributed by atoms with Gasteiger partial charge in [-0.15, -0.1) is 0 Å². The number of quaternary nitrogens is 1. The molecule has 4 rings (SSSR count). The SMILES string of the molecule is Cc1cccc(NC(=S)N2CC[NH+](C(c3ccccc3)c3ccccc3)CC2)c1C. The predicted octanol–water partition coefficient (Wildman–Crippen LogP) is 3.99. The zero-order valence-corrected chi connectivity index (χ0v) is 18.6. The smallest absolute Gasteiger partial charge is 0.173 e. The Labute approximate surface area is 185 Å². The summed E-state index contributed by atoms with van der Waals surface area (Å²) in [5.74, 6) is 0. The molecule has 0 amide bonds. The van der Waals surface area contributed by atoms with Crippen molar-refractivity contribution in [1.82, 2.24) is 4.90 Å². The third-order valence-electron chi connectivity index (χ3n) is 6.21. The number of nitrogens with zero attached hydrogens (tertiary/aromatic N) is 1. The van der Waals surface area contributed by atoms with E-state index in [1.807, 2.05) is 0 Å². The lowest BCUT2D eigenvalue weighted by molar-refractivity contribution is -0.929. The van der Waals surface area contributed by atoms with Crippen molar-refractivity contribution in [2.24, 2.45) is 0 Å². The van der Waals surface area contributed by atoms with Gasteiger partial charge in [0.1, 0.15) is 6.04 Å². The van der Waals surface area contributed by atoms with Crippen LogP contribution in [-0.4, -0.2) is 36.2 Å². The molecule has 0 radical (unpaired) electrons. The molecule has 0 aliphatic carbocycles. The third kappa shape index (κ3) is 4.55. The third-order valence-corrected chi connectivity index (χ3v) is 6.57. The van der Waals surface area contributed by atoms with E-state index < -0.39 is 0 Å². The molecule has 0 bridgehead atoms. The molecule has 30 heavy (non-hydrogen) atoms. The minimum atomic E-state index is 0.357. The van der Waals surface area contributed by atoms with Crippen molar-refractivity contribution in [2.75, 3.05) is 31.5 Å². The fourth-order valence-electron chi connectivity index (χ4n) is 4.32. The minimum Gasteiger partial charge on any atom is -0.338 e. The van der Waals surface area contributed by atoms with Crippen LogP contribution in [0.15, 0.2) is 78.9 Å². The van der Waals surface area contributed by atoms with E-state index in [0.29, 0.717) is 6.04 Å². The van der Waals surface area contributed by atoms with Crippen LogP contribution >= 0.6 is 12.2 Å². The molecule has 0 atom stereocenters. The normalized spacial score (nSPS) is 14.7. The zero-order chi connectivity index (χ0) is 20.9. The molecule has 0 spiro atoms. The summed E-state index contributed by atoms with van der Waals surface area (Å²) in [5.41, 5.74) is 6.41. The molecule has 1 heterocycles. The van der Waals surface area contributed by atoms with Crippen molar-refractivity contribution in [3.63, 3.8) is 0 Å². The van der Waals surface area contributed by atoms with Crippen LogP contribution in [0.25, 0.3) is 0 Å². The number of rotatable bonds is 4. The van der Waals surface area contributed by atoms with Crippen molar-refractivity contribution < 1.29 is 4.90 Å². The molecular weight excluding hydrogens is 386 g/mol. The number of nitrogens with one attached hydrogen (secondary N) is 2. The number of benzene rings is 3. The molecule has 1 aliphatic rings. The predicted molar refractivity (Wildman–Crippen MR) is 129 cm³/mol. The topological polar surface area (TPSA) is 19.7 Å². The zero-order valence-electron chi connectivity index (χ0n) is 17.8. The molecule has 2 N–H and O–H groups in total.